The Bertz CT molecular complexity index is 812. The van der Waals surface area contributed by atoms with Crippen molar-refractivity contribution >= 4 is 17.2 Å². The third kappa shape index (κ3) is 3.22. The number of aldehydes is 1. The second-order valence-electron chi connectivity index (χ2n) is 8.00. The first kappa shape index (κ1) is 16.7. The maximum absolute atomic E-state index is 11.7. The lowest BCUT2D eigenvalue weighted by Crippen LogP contribution is -2.14. The van der Waals surface area contributed by atoms with Crippen LogP contribution in [0.1, 0.15) is 58.4 Å². The molecule has 1 aromatic heterocycles. The van der Waals surface area contributed by atoms with Crippen LogP contribution in [0.3, 0.4) is 0 Å². The van der Waals surface area contributed by atoms with E-state index in [0.717, 1.165) is 42.5 Å². The average molecular weight is 336 g/mol. The van der Waals surface area contributed by atoms with E-state index >= 15 is 0 Å². The quantitative estimate of drug-likeness (QED) is 0.788. The van der Waals surface area contributed by atoms with Crippen molar-refractivity contribution in [2.24, 2.45) is 5.92 Å². The summed E-state index contributed by atoms with van der Waals surface area (Å²) in [6.07, 6.45) is 9.25. The van der Waals surface area contributed by atoms with Crippen molar-refractivity contribution in [3.63, 3.8) is 0 Å². The molecule has 1 aliphatic carbocycles. The molecule has 0 amide bonds. The number of rotatable bonds is 4. The summed E-state index contributed by atoms with van der Waals surface area (Å²) < 4.78 is 0. The molecule has 1 atom stereocenters. The molecule has 132 valence electrons. The van der Waals surface area contributed by atoms with Crippen molar-refractivity contribution in [1.29, 1.82) is 0 Å². The summed E-state index contributed by atoms with van der Waals surface area (Å²) >= 11 is 0. The summed E-state index contributed by atoms with van der Waals surface area (Å²) in [6, 6.07) is 4.31. The Kier molecular flexibility index (Phi) is 4.60. The van der Waals surface area contributed by atoms with Crippen LogP contribution in [0, 0.1) is 12.8 Å². The zero-order valence-electron chi connectivity index (χ0n) is 15.5. The summed E-state index contributed by atoms with van der Waals surface area (Å²) in [5, 5.41) is 1.21. The Morgan fingerprint density at radius 3 is 2.76 bits per heavy atom. The van der Waals surface area contributed by atoms with E-state index < -0.39 is 0 Å². The number of nitrogens with zero attached hydrogens (tertiary/aromatic N) is 2. The number of aryl methyl sites for hydroxylation is 3. The van der Waals surface area contributed by atoms with Crippen LogP contribution in [0.25, 0.3) is 10.9 Å². The van der Waals surface area contributed by atoms with Gasteiger partial charge in [-0.25, -0.2) is 0 Å². The van der Waals surface area contributed by atoms with Gasteiger partial charge in [0.1, 0.15) is 6.29 Å². The van der Waals surface area contributed by atoms with Gasteiger partial charge in [0.2, 0.25) is 0 Å². The van der Waals surface area contributed by atoms with Gasteiger partial charge in [-0.3, -0.25) is 9.78 Å². The molecular formula is C22H28N2O. The Morgan fingerprint density at radius 1 is 1.24 bits per heavy atom. The average Bonchev–Trinajstić information content (AvgIpc) is 3.05. The molecule has 1 unspecified atom stereocenters. The highest BCUT2D eigenvalue weighted by atomic mass is 16.1. The molecule has 0 bridgehead atoms. The number of carbonyl (C=O) groups excluding carboxylic acids is 1. The fraction of sp³-hybridized carbons (Fsp3) is 0.545. The summed E-state index contributed by atoms with van der Waals surface area (Å²) in [5.41, 5.74) is 7.20. The summed E-state index contributed by atoms with van der Waals surface area (Å²) in [5.74, 6) is 0.762. The van der Waals surface area contributed by atoms with Gasteiger partial charge in [-0.2, -0.15) is 0 Å². The van der Waals surface area contributed by atoms with E-state index in [2.05, 4.69) is 31.0 Å². The van der Waals surface area contributed by atoms with Crippen LogP contribution in [0.5, 0.6) is 0 Å². The third-order valence-corrected chi connectivity index (χ3v) is 6.21. The molecule has 0 saturated carbocycles. The minimum atomic E-state index is 0.762. The van der Waals surface area contributed by atoms with Gasteiger partial charge in [0, 0.05) is 23.2 Å². The molecule has 0 spiro atoms. The Labute approximate surface area is 150 Å². The van der Waals surface area contributed by atoms with Gasteiger partial charge in [0.05, 0.1) is 5.52 Å². The van der Waals surface area contributed by atoms with Crippen molar-refractivity contribution in [2.75, 3.05) is 20.1 Å². The van der Waals surface area contributed by atoms with Crippen molar-refractivity contribution in [1.82, 2.24) is 9.88 Å². The van der Waals surface area contributed by atoms with Gasteiger partial charge < -0.3 is 4.90 Å². The molecule has 1 fully saturated rings. The first-order chi connectivity index (χ1) is 12.2. The number of hydrogen-bond acceptors (Lipinski definition) is 3. The highest BCUT2D eigenvalue weighted by molar-refractivity contribution is 5.91. The van der Waals surface area contributed by atoms with E-state index in [9.17, 15) is 4.79 Å². The second-order valence-corrected chi connectivity index (χ2v) is 8.00. The van der Waals surface area contributed by atoms with Crippen LogP contribution in [0.15, 0.2) is 12.1 Å². The number of benzene rings is 1. The number of fused-ring (bicyclic) bond motifs is 3. The number of aromatic nitrogens is 1. The summed E-state index contributed by atoms with van der Waals surface area (Å²) in [4.78, 5) is 19.0. The molecule has 0 radical (unpaired) electrons. The molecule has 1 saturated heterocycles. The molecule has 0 N–H and O–H groups in total. The van der Waals surface area contributed by atoms with Gasteiger partial charge in [-0.05, 0) is 100 Å². The molecule has 4 rings (SSSR count). The molecule has 2 aromatic rings. The molecule has 2 heterocycles. The van der Waals surface area contributed by atoms with E-state index in [4.69, 9.17) is 4.98 Å². The molecular weight excluding hydrogens is 308 g/mol. The largest absolute Gasteiger partial charge is 0.306 e. The lowest BCUT2D eigenvalue weighted by Gasteiger charge is -2.21. The highest BCUT2D eigenvalue weighted by Gasteiger charge is 2.21. The van der Waals surface area contributed by atoms with Gasteiger partial charge in [0.25, 0.3) is 0 Å². The smallest absolute Gasteiger partial charge is 0.150 e. The fourth-order valence-corrected chi connectivity index (χ4v) is 4.78. The molecule has 1 aromatic carbocycles. The van der Waals surface area contributed by atoms with Crippen LogP contribution in [0.4, 0.5) is 0 Å². The Morgan fingerprint density at radius 2 is 2.04 bits per heavy atom. The summed E-state index contributed by atoms with van der Waals surface area (Å²) in [7, 11) is 2.20. The van der Waals surface area contributed by atoms with Crippen molar-refractivity contribution in [3.05, 3.63) is 40.1 Å². The molecule has 3 nitrogen and oxygen atoms in total. The summed E-state index contributed by atoms with van der Waals surface area (Å²) in [6.45, 7) is 4.54. The monoisotopic (exact) mass is 336 g/mol. The SMILES string of the molecule is Cc1nc2cc(CCC3CCN(C)C3)c(C=O)cc2c2c1CCCC2. The predicted molar refractivity (Wildman–Crippen MR) is 102 cm³/mol. The molecule has 1 aliphatic heterocycles. The zero-order valence-corrected chi connectivity index (χ0v) is 15.5. The van der Waals surface area contributed by atoms with Gasteiger partial charge in [-0.15, -0.1) is 0 Å². The van der Waals surface area contributed by atoms with E-state index in [1.807, 2.05) is 0 Å². The topological polar surface area (TPSA) is 33.2 Å². The van der Waals surface area contributed by atoms with Crippen LogP contribution in [-0.2, 0) is 19.3 Å². The maximum Gasteiger partial charge on any atom is 0.150 e. The lowest BCUT2D eigenvalue weighted by molar-refractivity contribution is 0.112. The van der Waals surface area contributed by atoms with Crippen LogP contribution in [-0.4, -0.2) is 36.3 Å². The highest BCUT2D eigenvalue weighted by Crippen LogP contribution is 2.32. The number of pyridine rings is 1. The Balaban J connectivity index is 1.69. The standard InChI is InChI=1S/C22H28N2O/c1-15-19-5-3-4-6-20(19)21-11-18(14-25)17(12-22(21)23-15)8-7-16-9-10-24(2)13-16/h11-12,14,16H,3-10,13H2,1-2H3. The van der Waals surface area contributed by atoms with Crippen molar-refractivity contribution in [2.45, 2.75) is 51.9 Å². The fourth-order valence-electron chi connectivity index (χ4n) is 4.78. The van der Waals surface area contributed by atoms with Crippen LogP contribution in [0.2, 0.25) is 0 Å². The number of hydrogen-bond donors (Lipinski definition) is 0. The first-order valence-corrected chi connectivity index (χ1v) is 9.74. The van der Waals surface area contributed by atoms with Crippen LogP contribution < -0.4 is 0 Å². The third-order valence-electron chi connectivity index (χ3n) is 6.21. The molecule has 2 aliphatic rings. The van der Waals surface area contributed by atoms with Gasteiger partial charge in [0.15, 0.2) is 0 Å². The van der Waals surface area contributed by atoms with Gasteiger partial charge >= 0.3 is 0 Å². The van der Waals surface area contributed by atoms with E-state index in [-0.39, 0.29) is 0 Å². The van der Waals surface area contributed by atoms with E-state index in [1.165, 1.54) is 66.5 Å². The Hall–Kier alpha value is -1.74. The van der Waals surface area contributed by atoms with E-state index in [0.29, 0.717) is 0 Å². The van der Waals surface area contributed by atoms with Gasteiger partial charge in [-0.1, -0.05) is 0 Å². The van der Waals surface area contributed by atoms with Crippen molar-refractivity contribution < 1.29 is 4.79 Å². The lowest BCUT2D eigenvalue weighted by atomic mass is 9.86. The second kappa shape index (κ2) is 6.87. The van der Waals surface area contributed by atoms with Crippen molar-refractivity contribution in [3.8, 4) is 0 Å². The number of carbonyl (C=O) groups is 1. The minimum absolute atomic E-state index is 0.762. The van der Waals surface area contributed by atoms with Crippen LogP contribution >= 0.6 is 0 Å². The maximum atomic E-state index is 11.7. The molecule has 25 heavy (non-hydrogen) atoms. The first-order valence-electron chi connectivity index (χ1n) is 9.74. The normalized spacial score (nSPS) is 20.8. The molecule has 3 heteroatoms. The number of likely N-dealkylation sites (tertiary alicyclic amines) is 1. The zero-order chi connectivity index (χ0) is 17.4. The predicted octanol–water partition coefficient (Wildman–Crippen LogP) is 4.12. The van der Waals surface area contributed by atoms with E-state index in [1.54, 1.807) is 0 Å². The minimum Gasteiger partial charge on any atom is -0.306 e.